The molecule has 140 valence electrons. The number of ether oxygens (including phenoxy) is 1. The number of benzene rings is 1. The quantitative estimate of drug-likeness (QED) is 0.775. The van der Waals surface area contributed by atoms with Gasteiger partial charge in [-0.05, 0) is 23.6 Å². The van der Waals surface area contributed by atoms with Crippen LogP contribution in [-0.4, -0.2) is 30.6 Å². The van der Waals surface area contributed by atoms with Gasteiger partial charge in [0.1, 0.15) is 5.71 Å². The lowest BCUT2D eigenvalue weighted by molar-refractivity contribution is -0.141. The molecular weight excluding hydrogens is 366 g/mol. The van der Waals surface area contributed by atoms with Gasteiger partial charge in [0, 0.05) is 17.7 Å². The van der Waals surface area contributed by atoms with E-state index >= 15 is 0 Å². The van der Waals surface area contributed by atoms with Crippen LogP contribution in [0.4, 0.5) is 5.69 Å². The van der Waals surface area contributed by atoms with Crippen LogP contribution in [0.1, 0.15) is 30.2 Å². The second-order valence-electron chi connectivity index (χ2n) is 5.91. The smallest absolute Gasteiger partial charge is 0.307 e. The first-order chi connectivity index (χ1) is 13.1. The summed E-state index contributed by atoms with van der Waals surface area (Å²) in [5.74, 6) is -0.978. The number of hydrogen-bond donors (Lipinski definition) is 1. The molecule has 2 heterocycles. The van der Waals surface area contributed by atoms with Crippen molar-refractivity contribution in [1.82, 2.24) is 5.32 Å². The Labute approximate surface area is 160 Å². The van der Waals surface area contributed by atoms with Gasteiger partial charge in [0.2, 0.25) is 5.91 Å². The summed E-state index contributed by atoms with van der Waals surface area (Å²) in [4.78, 5) is 37.5. The molecule has 8 heteroatoms. The van der Waals surface area contributed by atoms with Crippen molar-refractivity contribution in [3.05, 3.63) is 52.7 Å². The van der Waals surface area contributed by atoms with Gasteiger partial charge in [0.25, 0.3) is 5.91 Å². The molecule has 0 saturated heterocycles. The van der Waals surface area contributed by atoms with E-state index in [0.29, 0.717) is 5.69 Å². The van der Waals surface area contributed by atoms with Crippen molar-refractivity contribution in [2.75, 3.05) is 12.1 Å². The standard InChI is InChI=1S/C19H19N3O4S/c1-26-18(24)12-15(16-8-5-11-27-16)20-19(25)14-9-10-17(23)22(21-14)13-6-3-2-4-7-13/h2-8,11,15H,9-10,12H2,1H3,(H,20,25). The average molecular weight is 385 g/mol. The molecule has 0 aliphatic carbocycles. The summed E-state index contributed by atoms with van der Waals surface area (Å²) in [7, 11) is 1.31. The van der Waals surface area contributed by atoms with Crippen molar-refractivity contribution in [3.63, 3.8) is 0 Å². The Morgan fingerprint density at radius 3 is 2.67 bits per heavy atom. The number of para-hydroxylation sites is 1. The lowest BCUT2D eigenvalue weighted by Gasteiger charge is -2.24. The molecule has 1 N–H and O–H groups in total. The molecule has 3 rings (SSSR count). The van der Waals surface area contributed by atoms with E-state index in [-0.39, 0.29) is 30.9 Å². The zero-order valence-electron chi connectivity index (χ0n) is 14.8. The van der Waals surface area contributed by atoms with Crippen molar-refractivity contribution in [3.8, 4) is 0 Å². The summed E-state index contributed by atoms with van der Waals surface area (Å²) in [5.41, 5.74) is 0.863. The third kappa shape index (κ3) is 4.59. The van der Waals surface area contributed by atoms with E-state index in [0.717, 1.165) is 4.88 Å². The Morgan fingerprint density at radius 1 is 1.22 bits per heavy atom. The van der Waals surface area contributed by atoms with Crippen LogP contribution in [0, 0.1) is 0 Å². The molecule has 0 radical (unpaired) electrons. The third-order valence-corrected chi connectivity index (χ3v) is 5.07. The van der Waals surface area contributed by atoms with E-state index in [1.54, 1.807) is 24.3 Å². The van der Waals surface area contributed by atoms with Gasteiger partial charge in [-0.3, -0.25) is 14.4 Å². The molecular formula is C19H19N3O4S. The van der Waals surface area contributed by atoms with E-state index < -0.39 is 17.9 Å². The predicted molar refractivity (Wildman–Crippen MR) is 102 cm³/mol. The van der Waals surface area contributed by atoms with E-state index in [9.17, 15) is 14.4 Å². The van der Waals surface area contributed by atoms with Gasteiger partial charge in [-0.2, -0.15) is 5.10 Å². The molecule has 0 spiro atoms. The molecule has 1 unspecified atom stereocenters. The van der Waals surface area contributed by atoms with E-state index in [4.69, 9.17) is 4.74 Å². The second kappa shape index (κ2) is 8.59. The summed E-state index contributed by atoms with van der Waals surface area (Å²) in [5, 5.41) is 10.2. The van der Waals surface area contributed by atoms with Crippen LogP contribution >= 0.6 is 11.3 Å². The molecule has 1 aliphatic rings. The highest BCUT2D eigenvalue weighted by molar-refractivity contribution is 7.10. The molecule has 0 fully saturated rings. The van der Waals surface area contributed by atoms with Crippen LogP contribution in [-0.2, 0) is 19.1 Å². The van der Waals surface area contributed by atoms with Gasteiger partial charge in [-0.25, -0.2) is 5.01 Å². The fourth-order valence-electron chi connectivity index (χ4n) is 2.69. The van der Waals surface area contributed by atoms with Crippen LogP contribution < -0.4 is 10.3 Å². The number of carbonyl (C=O) groups excluding carboxylic acids is 3. The topological polar surface area (TPSA) is 88.1 Å². The molecule has 1 aromatic carbocycles. The second-order valence-corrected chi connectivity index (χ2v) is 6.89. The zero-order chi connectivity index (χ0) is 19.2. The molecule has 1 aromatic heterocycles. The number of amides is 2. The fraction of sp³-hybridized carbons (Fsp3) is 0.263. The SMILES string of the molecule is COC(=O)CC(NC(=O)C1=NN(c2ccccc2)C(=O)CC1)c1cccs1. The number of anilines is 1. The monoisotopic (exact) mass is 385 g/mol. The van der Waals surface area contributed by atoms with Gasteiger partial charge in [-0.15, -0.1) is 11.3 Å². The summed E-state index contributed by atoms with van der Waals surface area (Å²) in [6.07, 6.45) is 0.475. The number of thiophene rings is 1. The van der Waals surface area contributed by atoms with E-state index in [1.807, 2.05) is 23.6 Å². The fourth-order valence-corrected chi connectivity index (χ4v) is 3.47. The largest absolute Gasteiger partial charge is 0.469 e. The molecule has 1 atom stereocenters. The van der Waals surface area contributed by atoms with Gasteiger partial charge in [-0.1, -0.05) is 24.3 Å². The normalized spacial score (nSPS) is 15.1. The third-order valence-electron chi connectivity index (χ3n) is 4.09. The molecule has 2 aromatic rings. The maximum Gasteiger partial charge on any atom is 0.307 e. The Kier molecular flexibility index (Phi) is 5.97. The molecule has 7 nitrogen and oxygen atoms in total. The molecule has 0 saturated carbocycles. The van der Waals surface area contributed by atoms with Crippen LogP contribution in [0.15, 0.2) is 52.9 Å². The minimum absolute atomic E-state index is 0.0252. The summed E-state index contributed by atoms with van der Waals surface area (Å²) >= 11 is 1.44. The zero-order valence-corrected chi connectivity index (χ0v) is 15.6. The number of hydrogen-bond acceptors (Lipinski definition) is 6. The van der Waals surface area contributed by atoms with E-state index in [1.165, 1.54) is 23.5 Å². The van der Waals surface area contributed by atoms with Crippen molar-refractivity contribution in [2.45, 2.75) is 25.3 Å². The number of rotatable bonds is 6. The number of methoxy groups -OCH3 is 1. The first-order valence-corrected chi connectivity index (χ1v) is 9.33. The van der Waals surface area contributed by atoms with Crippen LogP contribution in [0.2, 0.25) is 0 Å². The van der Waals surface area contributed by atoms with Crippen LogP contribution in [0.5, 0.6) is 0 Å². The maximum absolute atomic E-state index is 12.7. The average Bonchev–Trinajstić information content (AvgIpc) is 3.23. The minimum Gasteiger partial charge on any atom is -0.469 e. The summed E-state index contributed by atoms with van der Waals surface area (Å²) in [6, 6.07) is 12.2. The number of nitrogens with one attached hydrogen (secondary N) is 1. The number of carbonyl (C=O) groups is 3. The Balaban J connectivity index is 1.79. The summed E-state index contributed by atoms with van der Waals surface area (Å²) < 4.78 is 4.73. The molecule has 27 heavy (non-hydrogen) atoms. The van der Waals surface area contributed by atoms with Crippen molar-refractivity contribution in [1.29, 1.82) is 0 Å². The van der Waals surface area contributed by atoms with Crippen LogP contribution in [0.3, 0.4) is 0 Å². The van der Waals surface area contributed by atoms with Gasteiger partial charge >= 0.3 is 5.97 Å². The van der Waals surface area contributed by atoms with Crippen molar-refractivity contribution >= 4 is 40.5 Å². The lowest BCUT2D eigenvalue weighted by Crippen LogP contribution is -2.40. The van der Waals surface area contributed by atoms with Gasteiger partial charge in [0.15, 0.2) is 0 Å². The molecule has 1 aliphatic heterocycles. The summed E-state index contributed by atoms with van der Waals surface area (Å²) in [6.45, 7) is 0. The van der Waals surface area contributed by atoms with Gasteiger partial charge < -0.3 is 10.1 Å². The van der Waals surface area contributed by atoms with Crippen molar-refractivity contribution < 1.29 is 19.1 Å². The number of hydrazone groups is 1. The highest BCUT2D eigenvalue weighted by atomic mass is 32.1. The highest BCUT2D eigenvalue weighted by Gasteiger charge is 2.28. The Bertz CT molecular complexity index is 849. The molecule has 0 bridgehead atoms. The Hall–Kier alpha value is -3.00. The highest BCUT2D eigenvalue weighted by Crippen LogP contribution is 2.24. The minimum atomic E-state index is -0.504. The first-order valence-electron chi connectivity index (χ1n) is 8.45. The van der Waals surface area contributed by atoms with Crippen molar-refractivity contribution in [2.24, 2.45) is 5.10 Å². The lowest BCUT2D eigenvalue weighted by atomic mass is 10.1. The first kappa shape index (κ1) is 18.8. The van der Waals surface area contributed by atoms with E-state index in [2.05, 4.69) is 10.4 Å². The van der Waals surface area contributed by atoms with Gasteiger partial charge in [0.05, 0.1) is 25.3 Å². The molecule has 2 amide bonds. The predicted octanol–water partition coefficient (Wildman–Crippen LogP) is 2.65. The number of esters is 1. The Morgan fingerprint density at radius 2 is 2.00 bits per heavy atom. The number of nitrogens with zero attached hydrogens (tertiary/aromatic N) is 2. The van der Waals surface area contributed by atoms with Crippen LogP contribution in [0.25, 0.3) is 0 Å². The maximum atomic E-state index is 12.7.